The van der Waals surface area contributed by atoms with Crippen LogP contribution in [0.4, 0.5) is 0 Å². The third-order valence-corrected chi connectivity index (χ3v) is 6.40. The highest BCUT2D eigenvalue weighted by Gasteiger charge is 2.38. The van der Waals surface area contributed by atoms with Crippen molar-refractivity contribution in [2.45, 2.75) is 29.3 Å². The SMILES string of the molecule is COC1Sc2oc3ccccc3c(=S)c2C(C)C1c1ccccc1. The van der Waals surface area contributed by atoms with E-state index in [1.165, 1.54) is 5.56 Å². The van der Waals surface area contributed by atoms with Crippen molar-refractivity contribution in [1.29, 1.82) is 0 Å². The molecule has 2 nitrogen and oxygen atoms in total. The lowest BCUT2D eigenvalue weighted by molar-refractivity contribution is 0.136. The molecule has 0 fully saturated rings. The Labute approximate surface area is 150 Å². The zero-order chi connectivity index (χ0) is 16.7. The summed E-state index contributed by atoms with van der Waals surface area (Å²) in [6.45, 7) is 2.22. The lowest BCUT2D eigenvalue weighted by atomic mass is 9.83. The monoisotopic (exact) mass is 354 g/mol. The van der Waals surface area contributed by atoms with Crippen LogP contribution < -0.4 is 0 Å². The highest BCUT2D eigenvalue weighted by atomic mass is 32.2. The van der Waals surface area contributed by atoms with Gasteiger partial charge in [-0.05, 0) is 23.6 Å². The number of hydrogen-bond acceptors (Lipinski definition) is 4. The van der Waals surface area contributed by atoms with E-state index < -0.39 is 0 Å². The first-order valence-corrected chi connectivity index (χ1v) is 9.29. The van der Waals surface area contributed by atoms with Gasteiger partial charge in [0.05, 0.1) is 4.51 Å². The first kappa shape index (κ1) is 15.9. The Bertz CT molecular complexity index is 933. The van der Waals surface area contributed by atoms with Crippen molar-refractivity contribution in [3.8, 4) is 0 Å². The van der Waals surface area contributed by atoms with Gasteiger partial charge < -0.3 is 9.15 Å². The lowest BCUT2D eigenvalue weighted by Gasteiger charge is -2.36. The van der Waals surface area contributed by atoms with E-state index in [1.807, 2.05) is 30.3 Å². The van der Waals surface area contributed by atoms with Crippen LogP contribution in [0.15, 0.2) is 64.1 Å². The summed E-state index contributed by atoms with van der Waals surface area (Å²) in [7, 11) is 1.76. The van der Waals surface area contributed by atoms with Crippen LogP contribution in [0, 0.1) is 4.51 Å². The number of thioether (sulfide) groups is 1. The zero-order valence-electron chi connectivity index (χ0n) is 13.6. The average Bonchev–Trinajstić information content (AvgIpc) is 2.62. The Balaban J connectivity index is 1.92. The highest BCUT2D eigenvalue weighted by Crippen LogP contribution is 2.51. The van der Waals surface area contributed by atoms with Crippen LogP contribution in [-0.4, -0.2) is 12.5 Å². The quantitative estimate of drug-likeness (QED) is 0.516. The summed E-state index contributed by atoms with van der Waals surface area (Å²) in [5.74, 6) is 0.473. The van der Waals surface area contributed by atoms with Crippen molar-refractivity contribution in [3.63, 3.8) is 0 Å². The molecule has 0 radical (unpaired) electrons. The number of benzene rings is 2. The molecule has 1 aromatic heterocycles. The van der Waals surface area contributed by atoms with Crippen molar-refractivity contribution in [1.82, 2.24) is 0 Å². The van der Waals surface area contributed by atoms with Crippen LogP contribution in [-0.2, 0) is 4.74 Å². The molecule has 1 aliphatic rings. The number of para-hydroxylation sites is 1. The van der Waals surface area contributed by atoms with Crippen LogP contribution >= 0.6 is 24.0 Å². The second kappa shape index (κ2) is 6.36. The maximum Gasteiger partial charge on any atom is 0.168 e. The Morgan fingerprint density at radius 2 is 1.75 bits per heavy atom. The van der Waals surface area contributed by atoms with Gasteiger partial charge in [-0.1, -0.05) is 73.4 Å². The van der Waals surface area contributed by atoms with Gasteiger partial charge in [-0.2, -0.15) is 0 Å². The molecule has 0 spiro atoms. The Morgan fingerprint density at radius 3 is 2.50 bits per heavy atom. The number of ether oxygens (including phenoxy) is 1. The van der Waals surface area contributed by atoms with E-state index in [9.17, 15) is 0 Å². The number of hydrogen-bond donors (Lipinski definition) is 0. The summed E-state index contributed by atoms with van der Waals surface area (Å²) >= 11 is 7.46. The maximum absolute atomic E-state index is 6.17. The van der Waals surface area contributed by atoms with E-state index in [-0.39, 0.29) is 17.3 Å². The second-order valence-electron chi connectivity index (χ2n) is 6.08. The first-order valence-electron chi connectivity index (χ1n) is 8.01. The van der Waals surface area contributed by atoms with Crippen molar-refractivity contribution >= 4 is 34.9 Å². The Kier molecular flexibility index (Phi) is 4.21. The largest absolute Gasteiger partial charge is 0.449 e. The van der Waals surface area contributed by atoms with Gasteiger partial charge >= 0.3 is 0 Å². The van der Waals surface area contributed by atoms with Crippen LogP contribution in [0.1, 0.15) is 29.9 Å². The highest BCUT2D eigenvalue weighted by molar-refractivity contribution is 7.99. The van der Waals surface area contributed by atoms with Crippen LogP contribution in [0.2, 0.25) is 0 Å². The van der Waals surface area contributed by atoms with Gasteiger partial charge in [0, 0.05) is 24.0 Å². The minimum atomic E-state index is 0.00853. The van der Waals surface area contributed by atoms with Gasteiger partial charge in [0.2, 0.25) is 0 Å². The molecule has 24 heavy (non-hydrogen) atoms. The molecule has 4 rings (SSSR count). The predicted octanol–water partition coefficient (Wildman–Crippen LogP) is 6.13. The molecule has 1 aliphatic heterocycles. The topological polar surface area (TPSA) is 22.4 Å². The maximum atomic E-state index is 6.17. The summed E-state index contributed by atoms with van der Waals surface area (Å²) < 4.78 is 12.9. The molecular formula is C20H18O2S2. The fraction of sp³-hybridized carbons (Fsp3) is 0.250. The minimum absolute atomic E-state index is 0.00853. The van der Waals surface area contributed by atoms with Crippen molar-refractivity contribution in [2.24, 2.45) is 0 Å². The molecular weight excluding hydrogens is 336 g/mol. The molecule has 2 aromatic carbocycles. The molecule has 0 N–H and O–H groups in total. The number of methoxy groups -OCH3 is 1. The summed E-state index contributed by atoms with van der Waals surface area (Å²) in [6.07, 6.45) is 0. The van der Waals surface area contributed by atoms with E-state index in [1.54, 1.807) is 18.9 Å². The molecule has 3 aromatic rings. The van der Waals surface area contributed by atoms with E-state index in [2.05, 4.69) is 31.2 Å². The van der Waals surface area contributed by atoms with Crippen LogP contribution in [0.3, 0.4) is 0 Å². The molecule has 0 saturated carbocycles. The Hall–Kier alpha value is -1.62. The van der Waals surface area contributed by atoms with E-state index in [0.717, 1.165) is 26.1 Å². The second-order valence-corrected chi connectivity index (χ2v) is 7.55. The molecule has 0 bridgehead atoms. The fourth-order valence-electron chi connectivity index (χ4n) is 3.53. The molecule has 122 valence electrons. The average molecular weight is 354 g/mol. The van der Waals surface area contributed by atoms with Crippen LogP contribution in [0.25, 0.3) is 11.0 Å². The fourth-order valence-corrected chi connectivity index (χ4v) is 5.44. The number of fused-ring (bicyclic) bond motifs is 2. The third-order valence-electron chi connectivity index (χ3n) is 4.73. The molecule has 0 aliphatic carbocycles. The van der Waals surface area contributed by atoms with Crippen molar-refractivity contribution in [3.05, 3.63) is 70.2 Å². The van der Waals surface area contributed by atoms with Crippen LogP contribution in [0.5, 0.6) is 0 Å². The Morgan fingerprint density at radius 1 is 1.04 bits per heavy atom. The molecule has 0 saturated heterocycles. The van der Waals surface area contributed by atoms with Gasteiger partial charge in [-0.3, -0.25) is 0 Å². The normalized spacial score (nSPS) is 23.2. The molecule has 4 heteroatoms. The molecule has 2 heterocycles. The third kappa shape index (κ3) is 2.50. The minimum Gasteiger partial charge on any atom is -0.449 e. The zero-order valence-corrected chi connectivity index (χ0v) is 15.2. The van der Waals surface area contributed by atoms with E-state index in [4.69, 9.17) is 21.4 Å². The first-order chi connectivity index (χ1) is 11.7. The van der Waals surface area contributed by atoms with Crippen molar-refractivity contribution in [2.75, 3.05) is 7.11 Å². The van der Waals surface area contributed by atoms with Gasteiger partial charge in [0.1, 0.15) is 11.0 Å². The molecule has 3 unspecified atom stereocenters. The van der Waals surface area contributed by atoms with Gasteiger partial charge in [0.25, 0.3) is 0 Å². The lowest BCUT2D eigenvalue weighted by Crippen LogP contribution is -2.27. The number of rotatable bonds is 2. The summed E-state index contributed by atoms with van der Waals surface area (Å²) in [4.78, 5) is 0. The predicted molar refractivity (Wildman–Crippen MR) is 101 cm³/mol. The smallest absolute Gasteiger partial charge is 0.168 e. The van der Waals surface area contributed by atoms with Gasteiger partial charge in [-0.15, -0.1) is 0 Å². The van der Waals surface area contributed by atoms with Crippen molar-refractivity contribution < 1.29 is 9.15 Å². The molecule has 0 amide bonds. The summed E-state index contributed by atoms with van der Waals surface area (Å²) in [5.41, 5.74) is 3.26. The van der Waals surface area contributed by atoms with E-state index in [0.29, 0.717) is 0 Å². The van der Waals surface area contributed by atoms with Gasteiger partial charge in [-0.25, -0.2) is 0 Å². The van der Waals surface area contributed by atoms with E-state index >= 15 is 0 Å². The van der Waals surface area contributed by atoms with Gasteiger partial charge in [0.15, 0.2) is 5.09 Å². The standard InChI is InChI=1S/C20H18O2S2/c1-12-16(13-8-4-3-5-9-13)19(21-2)24-20-17(12)18(23)14-10-6-7-11-15(14)22-20/h3-12,16,19H,1-2H3. The summed E-state index contributed by atoms with van der Waals surface area (Å²) in [6, 6.07) is 18.5. The molecule has 3 atom stereocenters. The summed E-state index contributed by atoms with van der Waals surface area (Å²) in [5, 5.41) is 1.91.